The molecule has 28 heavy (non-hydrogen) atoms. The molecule has 0 heterocycles. The summed E-state index contributed by atoms with van der Waals surface area (Å²) in [6.45, 7) is 10.8. The van der Waals surface area contributed by atoms with Gasteiger partial charge in [-0.1, -0.05) is 76.9 Å². The zero-order valence-electron chi connectivity index (χ0n) is 18.9. The number of fused-ring (bicyclic) bond motifs is 2. The van der Waals surface area contributed by atoms with Crippen molar-refractivity contribution < 1.29 is 20.8 Å². The molecule has 3 saturated carbocycles. The summed E-state index contributed by atoms with van der Waals surface area (Å²) in [4.78, 5) is 0. The first kappa shape index (κ1) is 27.2. The zero-order chi connectivity index (χ0) is 18.9. The number of halogens is 2. The SMILES string of the molecule is CC1CC2C=CC=CC2C1[Si](C)(C)C1C(C)CC2CCCCC21.[CH3-].[CH3-].[Cl][Zr+2][Cl]. The van der Waals surface area contributed by atoms with Crippen LogP contribution in [0.5, 0.6) is 0 Å². The van der Waals surface area contributed by atoms with E-state index in [2.05, 4.69) is 51.2 Å². The quantitative estimate of drug-likeness (QED) is 0.252. The zero-order valence-corrected chi connectivity index (χ0v) is 23.9. The Balaban J connectivity index is 0.000000739. The van der Waals surface area contributed by atoms with Crippen LogP contribution < -0.4 is 0 Å². The van der Waals surface area contributed by atoms with Crippen LogP contribution in [0.4, 0.5) is 0 Å². The van der Waals surface area contributed by atoms with Gasteiger partial charge >= 0.3 is 37.9 Å². The topological polar surface area (TPSA) is 0 Å². The average molecular weight is 521 g/mol. The van der Waals surface area contributed by atoms with Gasteiger partial charge in [-0.3, -0.25) is 0 Å². The van der Waals surface area contributed by atoms with Gasteiger partial charge in [0.05, 0.1) is 8.07 Å². The van der Waals surface area contributed by atoms with Crippen molar-refractivity contribution in [3.63, 3.8) is 0 Å². The first-order chi connectivity index (χ1) is 12.4. The molecule has 4 aliphatic rings. The third-order valence-electron chi connectivity index (χ3n) is 8.40. The van der Waals surface area contributed by atoms with Gasteiger partial charge < -0.3 is 14.9 Å². The molecule has 0 aliphatic heterocycles. The van der Waals surface area contributed by atoms with Crippen molar-refractivity contribution in [3.05, 3.63) is 39.2 Å². The molecular formula is C24H42Cl2SiZr. The summed E-state index contributed by atoms with van der Waals surface area (Å²) < 4.78 is 0. The normalized spacial score (nSPS) is 40.8. The summed E-state index contributed by atoms with van der Waals surface area (Å²) in [6, 6.07) is 0. The van der Waals surface area contributed by atoms with Crippen LogP contribution in [0.1, 0.15) is 52.4 Å². The Hall–Kier alpha value is 1.16. The molecule has 0 spiro atoms. The molecule has 0 saturated heterocycles. The fourth-order valence-electron chi connectivity index (χ4n) is 8.03. The van der Waals surface area contributed by atoms with E-state index in [0.717, 1.165) is 46.6 Å². The third kappa shape index (κ3) is 5.31. The van der Waals surface area contributed by atoms with Crippen LogP contribution in [0.25, 0.3) is 0 Å². The van der Waals surface area contributed by atoms with E-state index in [9.17, 15) is 0 Å². The molecule has 4 aliphatic carbocycles. The molecular weight excluding hydrogens is 478 g/mol. The van der Waals surface area contributed by atoms with Crippen LogP contribution in [-0.4, -0.2) is 8.07 Å². The minimum absolute atomic E-state index is 0. The molecule has 0 radical (unpaired) electrons. The standard InChI is InChI=1S/C22H36Si.2CH3.2ClH.Zr/c1-15-13-17-9-5-7-11-19(17)21(15)23(3,4)22-16(2)14-18-10-6-8-12-20(18)22;;;;;/h5,7,9,11,15-22H,6,8,10,12-14H2,1-4H3;2*1H3;2*1H;/q;2*-1;;;+4/p-2. The predicted molar refractivity (Wildman–Crippen MR) is 128 cm³/mol. The molecule has 0 aromatic rings. The summed E-state index contributed by atoms with van der Waals surface area (Å²) in [7, 11) is 8.60. The summed E-state index contributed by atoms with van der Waals surface area (Å²) in [6.07, 6.45) is 18.9. The summed E-state index contributed by atoms with van der Waals surface area (Å²) in [5, 5.41) is 0. The van der Waals surface area contributed by atoms with Crippen molar-refractivity contribution in [3.8, 4) is 0 Å². The van der Waals surface area contributed by atoms with Crippen molar-refractivity contribution in [1.82, 2.24) is 0 Å². The van der Waals surface area contributed by atoms with Crippen LogP contribution >= 0.6 is 17.0 Å². The molecule has 4 heteroatoms. The van der Waals surface area contributed by atoms with Crippen LogP contribution in [-0.2, 0) is 20.8 Å². The van der Waals surface area contributed by atoms with Gasteiger partial charge in [0.1, 0.15) is 0 Å². The Morgan fingerprint density at radius 2 is 1.43 bits per heavy atom. The molecule has 0 aromatic heterocycles. The van der Waals surface area contributed by atoms with Crippen molar-refractivity contribution in [1.29, 1.82) is 0 Å². The molecule has 0 aromatic carbocycles. The van der Waals surface area contributed by atoms with Gasteiger partial charge in [-0.15, -0.1) is 0 Å². The van der Waals surface area contributed by atoms with Crippen LogP contribution in [0.15, 0.2) is 24.3 Å². The van der Waals surface area contributed by atoms with E-state index < -0.39 is 28.9 Å². The molecule has 0 amide bonds. The molecule has 8 unspecified atom stereocenters. The Morgan fingerprint density at radius 3 is 2.11 bits per heavy atom. The van der Waals surface area contributed by atoms with Gasteiger partial charge in [0, 0.05) is 0 Å². The molecule has 0 nitrogen and oxygen atoms in total. The maximum absolute atomic E-state index is 4.93. The third-order valence-corrected chi connectivity index (χ3v) is 13.8. The maximum atomic E-state index is 4.93. The van der Waals surface area contributed by atoms with Gasteiger partial charge in [-0.25, -0.2) is 0 Å². The Labute approximate surface area is 196 Å². The molecule has 0 bridgehead atoms. The fourth-order valence-corrected chi connectivity index (χ4v) is 14.6. The first-order valence-corrected chi connectivity index (χ1v) is 20.2. The van der Waals surface area contributed by atoms with Gasteiger partial charge in [0.2, 0.25) is 0 Å². The Bertz CT molecular complexity index is 533. The summed E-state index contributed by atoms with van der Waals surface area (Å²) in [5.74, 6) is 5.84. The Kier molecular flexibility index (Phi) is 11.4. The molecule has 8 atom stereocenters. The number of hydrogen-bond acceptors (Lipinski definition) is 0. The van der Waals surface area contributed by atoms with Crippen molar-refractivity contribution in [2.45, 2.75) is 76.5 Å². The van der Waals surface area contributed by atoms with Crippen LogP contribution in [0, 0.1) is 50.4 Å². The van der Waals surface area contributed by atoms with E-state index in [1.165, 1.54) is 19.3 Å². The first-order valence-electron chi connectivity index (χ1n) is 10.7. The van der Waals surface area contributed by atoms with E-state index in [4.69, 9.17) is 17.0 Å². The summed E-state index contributed by atoms with van der Waals surface area (Å²) in [5.41, 5.74) is 2.11. The number of rotatable bonds is 2. The minimum atomic E-state index is -1.26. The Morgan fingerprint density at radius 1 is 0.857 bits per heavy atom. The van der Waals surface area contributed by atoms with Crippen molar-refractivity contribution >= 4 is 25.1 Å². The second-order valence-corrected chi connectivity index (χ2v) is 18.8. The van der Waals surface area contributed by atoms with Gasteiger partial charge in [0.25, 0.3) is 0 Å². The van der Waals surface area contributed by atoms with Crippen LogP contribution in [0.3, 0.4) is 0 Å². The van der Waals surface area contributed by atoms with Gasteiger partial charge in [-0.05, 0) is 59.4 Å². The molecule has 3 fully saturated rings. The second-order valence-electron chi connectivity index (χ2n) is 10.1. The van der Waals surface area contributed by atoms with E-state index in [1.807, 2.05) is 0 Å². The average Bonchev–Trinajstić information content (AvgIpc) is 3.11. The van der Waals surface area contributed by atoms with E-state index in [1.54, 1.807) is 19.3 Å². The second kappa shape index (κ2) is 11.7. The van der Waals surface area contributed by atoms with Crippen molar-refractivity contribution in [2.24, 2.45) is 35.5 Å². The molecule has 160 valence electrons. The predicted octanol–water partition coefficient (Wildman–Crippen LogP) is 8.96. The van der Waals surface area contributed by atoms with E-state index in [-0.39, 0.29) is 14.9 Å². The molecule has 4 rings (SSSR count). The van der Waals surface area contributed by atoms with E-state index >= 15 is 0 Å². The monoisotopic (exact) mass is 518 g/mol. The van der Waals surface area contributed by atoms with E-state index in [0.29, 0.717) is 0 Å². The fraction of sp³-hybridized carbons (Fsp3) is 0.750. The molecule has 0 N–H and O–H groups in total. The van der Waals surface area contributed by atoms with Gasteiger partial charge in [0.15, 0.2) is 0 Å². The number of allylic oxidation sites excluding steroid dienone is 4. The van der Waals surface area contributed by atoms with Crippen molar-refractivity contribution in [2.75, 3.05) is 0 Å². The van der Waals surface area contributed by atoms with Crippen LogP contribution in [0.2, 0.25) is 24.2 Å². The summed E-state index contributed by atoms with van der Waals surface area (Å²) >= 11 is -0.826. The number of hydrogen-bond donors (Lipinski definition) is 0. The van der Waals surface area contributed by atoms with Gasteiger partial charge in [-0.2, -0.15) is 0 Å².